The van der Waals surface area contributed by atoms with E-state index < -0.39 is 4.92 Å². The van der Waals surface area contributed by atoms with Crippen LogP contribution in [0.4, 0.5) is 10.1 Å². The van der Waals surface area contributed by atoms with Crippen LogP contribution in [0.2, 0.25) is 0 Å². The van der Waals surface area contributed by atoms with E-state index in [0.29, 0.717) is 19.5 Å². The van der Waals surface area contributed by atoms with Crippen LogP contribution in [-0.2, 0) is 0 Å². The first-order chi connectivity index (χ1) is 13.0. The molecule has 27 heavy (non-hydrogen) atoms. The van der Waals surface area contributed by atoms with Gasteiger partial charge in [-0.2, -0.15) is 0 Å². The van der Waals surface area contributed by atoms with Crippen molar-refractivity contribution in [3.8, 4) is 0 Å². The van der Waals surface area contributed by atoms with Crippen LogP contribution < -0.4 is 0 Å². The third-order valence-corrected chi connectivity index (χ3v) is 4.82. The average molecular weight is 365 g/mol. The fraction of sp³-hybridized carbons (Fsp3) is 0.150. The molecule has 0 aliphatic carbocycles. The van der Waals surface area contributed by atoms with Gasteiger partial charge in [0.1, 0.15) is 11.4 Å². The molecule has 0 fully saturated rings. The van der Waals surface area contributed by atoms with E-state index in [9.17, 15) is 19.3 Å². The number of fused-ring (bicyclic) bond motifs is 1. The number of hydrogen-bond acceptors (Lipinski definition) is 3. The molecule has 2 heterocycles. The number of nitro benzene ring substituents is 1. The van der Waals surface area contributed by atoms with Gasteiger partial charge in [-0.05, 0) is 36.3 Å². The Morgan fingerprint density at radius 3 is 2.78 bits per heavy atom. The molecule has 1 aromatic heterocycles. The SMILES string of the molecule is O=C(c1ccccc1[N+](=O)[O-])N1CC=C(c2c[nH]c3cc(F)ccc23)CC1. The maximum atomic E-state index is 13.4. The minimum atomic E-state index is -0.538. The van der Waals surface area contributed by atoms with Crippen molar-refractivity contribution in [3.63, 3.8) is 0 Å². The number of carbonyl (C=O) groups excluding carboxylic acids is 1. The van der Waals surface area contributed by atoms with Gasteiger partial charge in [0.2, 0.25) is 0 Å². The Bertz CT molecular complexity index is 1090. The lowest BCUT2D eigenvalue weighted by atomic mass is 9.98. The Kier molecular flexibility index (Phi) is 4.19. The first kappa shape index (κ1) is 17.0. The summed E-state index contributed by atoms with van der Waals surface area (Å²) in [6, 6.07) is 10.6. The standard InChI is InChI=1S/C20H16FN3O3/c21-14-5-6-15-17(12-22-18(15)11-14)13-7-9-23(10-8-13)20(25)16-3-1-2-4-19(16)24(26)27/h1-7,11-12,22H,8-10H2. The number of para-hydroxylation sites is 1. The van der Waals surface area contributed by atoms with Crippen molar-refractivity contribution >= 4 is 28.1 Å². The average Bonchev–Trinajstić information content (AvgIpc) is 3.10. The fourth-order valence-electron chi connectivity index (χ4n) is 3.45. The highest BCUT2D eigenvalue weighted by Crippen LogP contribution is 2.30. The van der Waals surface area contributed by atoms with E-state index in [4.69, 9.17) is 0 Å². The van der Waals surface area contributed by atoms with Gasteiger partial charge in [-0.25, -0.2) is 4.39 Å². The highest BCUT2D eigenvalue weighted by Gasteiger charge is 2.26. The molecule has 3 aromatic rings. The van der Waals surface area contributed by atoms with Crippen LogP contribution in [0.3, 0.4) is 0 Å². The first-order valence-corrected chi connectivity index (χ1v) is 8.53. The third-order valence-electron chi connectivity index (χ3n) is 4.82. The van der Waals surface area contributed by atoms with E-state index in [1.54, 1.807) is 23.1 Å². The molecule has 0 atom stereocenters. The molecule has 1 N–H and O–H groups in total. The summed E-state index contributed by atoms with van der Waals surface area (Å²) in [5.41, 5.74) is 2.70. The summed E-state index contributed by atoms with van der Waals surface area (Å²) < 4.78 is 13.4. The van der Waals surface area contributed by atoms with E-state index in [1.807, 2.05) is 12.3 Å². The quantitative estimate of drug-likeness (QED) is 0.559. The highest BCUT2D eigenvalue weighted by atomic mass is 19.1. The molecule has 0 radical (unpaired) electrons. The summed E-state index contributed by atoms with van der Waals surface area (Å²) in [4.78, 5) is 28.0. The van der Waals surface area contributed by atoms with Gasteiger partial charge in [-0.3, -0.25) is 14.9 Å². The topological polar surface area (TPSA) is 79.2 Å². The lowest BCUT2D eigenvalue weighted by Crippen LogP contribution is -2.35. The predicted molar refractivity (Wildman–Crippen MR) is 99.9 cm³/mol. The Labute approximate surface area is 154 Å². The molecule has 0 spiro atoms. The minimum Gasteiger partial charge on any atom is -0.360 e. The largest absolute Gasteiger partial charge is 0.360 e. The Morgan fingerprint density at radius 2 is 2.04 bits per heavy atom. The normalized spacial score (nSPS) is 14.3. The number of benzene rings is 2. The second kappa shape index (κ2) is 6.68. The number of halogens is 1. The second-order valence-electron chi connectivity index (χ2n) is 6.40. The van der Waals surface area contributed by atoms with Gasteiger partial charge in [0.15, 0.2) is 0 Å². The van der Waals surface area contributed by atoms with Gasteiger partial charge >= 0.3 is 0 Å². The van der Waals surface area contributed by atoms with Crippen LogP contribution in [0.15, 0.2) is 54.7 Å². The Morgan fingerprint density at radius 1 is 1.22 bits per heavy atom. The van der Waals surface area contributed by atoms with E-state index in [0.717, 1.165) is 22.0 Å². The monoisotopic (exact) mass is 365 g/mol. The molecule has 6 nitrogen and oxygen atoms in total. The molecule has 0 unspecified atom stereocenters. The number of rotatable bonds is 3. The van der Waals surface area contributed by atoms with Crippen LogP contribution >= 0.6 is 0 Å². The summed E-state index contributed by atoms with van der Waals surface area (Å²) in [7, 11) is 0. The second-order valence-corrected chi connectivity index (χ2v) is 6.40. The van der Waals surface area contributed by atoms with Gasteiger partial charge < -0.3 is 9.88 Å². The van der Waals surface area contributed by atoms with Gasteiger partial charge in [0.05, 0.1) is 4.92 Å². The Balaban J connectivity index is 1.58. The zero-order chi connectivity index (χ0) is 19.0. The van der Waals surface area contributed by atoms with Gasteiger partial charge in [-0.1, -0.05) is 18.2 Å². The number of H-pyrrole nitrogens is 1. The fourth-order valence-corrected chi connectivity index (χ4v) is 3.45. The van der Waals surface area contributed by atoms with Gasteiger partial charge in [0.25, 0.3) is 11.6 Å². The van der Waals surface area contributed by atoms with E-state index in [2.05, 4.69) is 4.98 Å². The molecule has 0 saturated carbocycles. The molecular weight excluding hydrogens is 349 g/mol. The summed E-state index contributed by atoms with van der Waals surface area (Å²) >= 11 is 0. The summed E-state index contributed by atoms with van der Waals surface area (Å²) in [6.07, 6.45) is 4.41. The number of hydrogen-bond donors (Lipinski definition) is 1. The minimum absolute atomic E-state index is 0.0990. The molecule has 1 aliphatic heterocycles. The van der Waals surface area contributed by atoms with Crippen molar-refractivity contribution in [1.29, 1.82) is 0 Å². The third kappa shape index (κ3) is 3.08. The lowest BCUT2D eigenvalue weighted by molar-refractivity contribution is -0.385. The molecule has 1 amide bonds. The van der Waals surface area contributed by atoms with E-state index >= 15 is 0 Å². The van der Waals surface area contributed by atoms with Crippen molar-refractivity contribution < 1.29 is 14.1 Å². The Hall–Kier alpha value is -3.48. The number of nitrogens with one attached hydrogen (secondary N) is 1. The zero-order valence-electron chi connectivity index (χ0n) is 14.3. The van der Waals surface area contributed by atoms with Crippen molar-refractivity contribution in [2.24, 2.45) is 0 Å². The van der Waals surface area contributed by atoms with E-state index in [-0.39, 0.29) is 23.0 Å². The van der Waals surface area contributed by atoms with Crippen molar-refractivity contribution in [3.05, 3.63) is 81.8 Å². The van der Waals surface area contributed by atoms with Crippen LogP contribution in [0.5, 0.6) is 0 Å². The van der Waals surface area contributed by atoms with Gasteiger partial charge in [-0.15, -0.1) is 0 Å². The number of nitro groups is 1. The van der Waals surface area contributed by atoms with Crippen LogP contribution in [0.1, 0.15) is 22.3 Å². The highest BCUT2D eigenvalue weighted by molar-refractivity contribution is 5.99. The molecule has 136 valence electrons. The summed E-state index contributed by atoms with van der Waals surface area (Å²) in [5.74, 6) is -0.645. The zero-order valence-corrected chi connectivity index (χ0v) is 14.3. The number of amides is 1. The molecule has 7 heteroatoms. The predicted octanol–water partition coefficient (Wildman–Crippen LogP) is 4.14. The number of nitrogens with zero attached hydrogens (tertiary/aromatic N) is 2. The van der Waals surface area contributed by atoms with Crippen molar-refractivity contribution in [2.75, 3.05) is 13.1 Å². The van der Waals surface area contributed by atoms with Gasteiger partial charge in [0, 0.05) is 41.8 Å². The smallest absolute Gasteiger partial charge is 0.282 e. The van der Waals surface area contributed by atoms with E-state index in [1.165, 1.54) is 24.3 Å². The number of aromatic nitrogens is 1. The molecule has 4 rings (SSSR count). The first-order valence-electron chi connectivity index (χ1n) is 8.53. The molecular formula is C20H16FN3O3. The van der Waals surface area contributed by atoms with Crippen LogP contribution in [0, 0.1) is 15.9 Å². The van der Waals surface area contributed by atoms with Crippen LogP contribution in [0.25, 0.3) is 16.5 Å². The molecule has 2 aromatic carbocycles. The lowest BCUT2D eigenvalue weighted by Gasteiger charge is -2.26. The van der Waals surface area contributed by atoms with Crippen molar-refractivity contribution in [2.45, 2.75) is 6.42 Å². The maximum Gasteiger partial charge on any atom is 0.282 e. The van der Waals surface area contributed by atoms with Crippen molar-refractivity contribution in [1.82, 2.24) is 9.88 Å². The maximum absolute atomic E-state index is 13.4. The summed E-state index contributed by atoms with van der Waals surface area (Å²) in [6.45, 7) is 0.832. The number of carbonyl (C=O) groups is 1. The molecule has 0 saturated heterocycles. The van der Waals surface area contributed by atoms with Crippen LogP contribution in [-0.4, -0.2) is 33.8 Å². The number of aromatic amines is 1. The molecule has 0 bridgehead atoms. The molecule has 1 aliphatic rings. The summed E-state index contributed by atoms with van der Waals surface area (Å²) in [5, 5.41) is 12.1.